The molecule has 0 saturated carbocycles. The van der Waals surface area contributed by atoms with Crippen LogP contribution in [0.25, 0.3) is 0 Å². The van der Waals surface area contributed by atoms with Crippen molar-refractivity contribution in [3.8, 4) is 11.5 Å². The van der Waals surface area contributed by atoms with Crippen LogP contribution >= 0.6 is 7.82 Å². The molecule has 0 bridgehead atoms. The largest absolute Gasteiger partial charge is 0.609 e. The van der Waals surface area contributed by atoms with Crippen molar-refractivity contribution in [1.82, 2.24) is 5.48 Å². The van der Waals surface area contributed by atoms with Crippen molar-refractivity contribution < 1.29 is 23.0 Å². The molecule has 0 aromatic heterocycles. The van der Waals surface area contributed by atoms with Crippen LogP contribution in [0.5, 0.6) is 11.5 Å². The third-order valence-corrected chi connectivity index (χ3v) is 3.55. The molecule has 0 spiro atoms. The zero-order valence-electron chi connectivity index (χ0n) is 11.5. The average molecular weight is 319 g/mol. The standard InChI is InChI=1S/C15H14NO5P/c1-2-15(17)16-21-22(18,19-13-9-5-3-6-10-13)20-14-11-7-4-8-12-14/h2-12H,1H2,(H,16,17). The van der Waals surface area contributed by atoms with E-state index in [0.717, 1.165) is 6.08 Å². The van der Waals surface area contributed by atoms with Crippen LogP contribution in [-0.4, -0.2) is 5.91 Å². The van der Waals surface area contributed by atoms with E-state index in [2.05, 4.69) is 6.58 Å². The molecule has 0 fully saturated rings. The molecule has 2 aromatic rings. The second-order valence-corrected chi connectivity index (χ2v) is 5.46. The number of hydrogen-bond acceptors (Lipinski definition) is 5. The minimum atomic E-state index is -4.11. The molecule has 0 atom stereocenters. The van der Waals surface area contributed by atoms with Crippen LogP contribution in [-0.2, 0) is 14.0 Å². The summed E-state index contributed by atoms with van der Waals surface area (Å²) >= 11 is 0. The lowest BCUT2D eigenvalue weighted by Crippen LogP contribution is -2.22. The van der Waals surface area contributed by atoms with Crippen LogP contribution in [0.15, 0.2) is 73.3 Å². The van der Waals surface area contributed by atoms with Crippen LogP contribution in [0.4, 0.5) is 0 Å². The van der Waals surface area contributed by atoms with Crippen molar-refractivity contribution in [3.63, 3.8) is 0 Å². The van der Waals surface area contributed by atoms with Crippen LogP contribution in [0, 0.1) is 0 Å². The van der Waals surface area contributed by atoms with Gasteiger partial charge in [0.15, 0.2) is 0 Å². The summed E-state index contributed by atoms with van der Waals surface area (Å²) in [5.74, 6) is -0.127. The maximum atomic E-state index is 12.7. The average Bonchev–Trinajstić information content (AvgIpc) is 2.54. The summed E-state index contributed by atoms with van der Waals surface area (Å²) in [6.45, 7) is 3.27. The van der Waals surface area contributed by atoms with Gasteiger partial charge in [0.25, 0.3) is 5.91 Å². The minimum Gasteiger partial charge on any atom is -0.394 e. The predicted molar refractivity (Wildman–Crippen MR) is 81.2 cm³/mol. The van der Waals surface area contributed by atoms with Crippen LogP contribution in [0.1, 0.15) is 0 Å². The van der Waals surface area contributed by atoms with Crippen molar-refractivity contribution >= 4 is 13.7 Å². The van der Waals surface area contributed by atoms with Crippen molar-refractivity contribution in [2.45, 2.75) is 0 Å². The van der Waals surface area contributed by atoms with Gasteiger partial charge in [-0.3, -0.25) is 4.79 Å². The summed E-state index contributed by atoms with van der Waals surface area (Å²) in [5, 5.41) is 0. The maximum Gasteiger partial charge on any atom is 0.609 e. The van der Waals surface area contributed by atoms with E-state index in [4.69, 9.17) is 13.7 Å². The molecular formula is C15H14NO5P. The molecule has 2 rings (SSSR count). The van der Waals surface area contributed by atoms with Gasteiger partial charge in [0.05, 0.1) is 0 Å². The van der Waals surface area contributed by atoms with E-state index >= 15 is 0 Å². The Labute approximate surface area is 127 Å². The normalized spacial score (nSPS) is 10.5. The predicted octanol–water partition coefficient (Wildman–Crippen LogP) is 3.49. The lowest BCUT2D eigenvalue weighted by molar-refractivity contribution is -0.123. The fourth-order valence-corrected chi connectivity index (χ4v) is 2.49. The van der Waals surface area contributed by atoms with Crippen molar-refractivity contribution in [1.29, 1.82) is 0 Å². The first kappa shape index (κ1) is 15.8. The molecule has 0 unspecified atom stereocenters. The summed E-state index contributed by atoms with van der Waals surface area (Å²) in [5.41, 5.74) is 1.94. The van der Waals surface area contributed by atoms with Crippen molar-refractivity contribution in [2.75, 3.05) is 0 Å². The number of phosphoric ester groups is 1. The summed E-state index contributed by atoms with van der Waals surface area (Å²) in [6, 6.07) is 16.7. The molecule has 0 saturated heterocycles. The topological polar surface area (TPSA) is 73.9 Å². The van der Waals surface area contributed by atoms with Gasteiger partial charge in [-0.15, -0.1) is 4.62 Å². The first-order valence-electron chi connectivity index (χ1n) is 6.32. The van der Waals surface area contributed by atoms with Gasteiger partial charge in [-0.1, -0.05) is 43.0 Å². The summed E-state index contributed by atoms with van der Waals surface area (Å²) in [6.07, 6.45) is 0.968. The minimum absolute atomic E-state index is 0.273. The molecule has 0 radical (unpaired) electrons. The number of amides is 1. The third-order valence-electron chi connectivity index (χ3n) is 2.36. The van der Waals surface area contributed by atoms with Gasteiger partial charge < -0.3 is 9.05 Å². The smallest absolute Gasteiger partial charge is 0.394 e. The first-order valence-corrected chi connectivity index (χ1v) is 7.78. The zero-order valence-corrected chi connectivity index (χ0v) is 12.4. The molecule has 6 nitrogen and oxygen atoms in total. The maximum absolute atomic E-state index is 12.7. The van der Waals surface area contributed by atoms with Crippen LogP contribution < -0.4 is 14.5 Å². The Kier molecular flexibility index (Phi) is 5.36. The van der Waals surface area contributed by atoms with Gasteiger partial charge in [0, 0.05) is 0 Å². The van der Waals surface area contributed by atoms with Gasteiger partial charge in [0.2, 0.25) is 0 Å². The highest BCUT2D eigenvalue weighted by Crippen LogP contribution is 2.48. The SMILES string of the molecule is C=CC(=O)NOP(=O)(Oc1ccccc1)Oc1ccccc1. The molecule has 0 aliphatic heterocycles. The Bertz CT molecular complexity index is 629. The van der Waals surface area contributed by atoms with Gasteiger partial charge in [-0.05, 0) is 30.3 Å². The number of benzene rings is 2. The third kappa shape index (κ3) is 4.77. The number of carbonyl (C=O) groups is 1. The zero-order chi connectivity index (χ0) is 15.8. The number of carbonyl (C=O) groups excluding carboxylic acids is 1. The number of nitrogens with one attached hydrogen (secondary N) is 1. The number of para-hydroxylation sites is 2. The van der Waals surface area contributed by atoms with E-state index in [9.17, 15) is 9.36 Å². The molecule has 1 amide bonds. The monoisotopic (exact) mass is 319 g/mol. The van der Waals surface area contributed by atoms with E-state index in [1.54, 1.807) is 60.7 Å². The number of rotatable bonds is 7. The molecule has 22 heavy (non-hydrogen) atoms. The Morgan fingerprint density at radius 3 is 1.82 bits per heavy atom. The first-order chi connectivity index (χ1) is 10.6. The Morgan fingerprint density at radius 2 is 1.41 bits per heavy atom. The van der Waals surface area contributed by atoms with Gasteiger partial charge in [-0.25, -0.2) is 10.0 Å². The Morgan fingerprint density at radius 1 is 0.955 bits per heavy atom. The molecule has 0 aliphatic rings. The molecule has 7 heteroatoms. The number of hydroxylamine groups is 1. The number of phosphoric acid groups is 1. The quantitative estimate of drug-likeness (QED) is 0.480. The summed E-state index contributed by atoms with van der Waals surface area (Å²) < 4.78 is 28.0. The second kappa shape index (κ2) is 7.45. The van der Waals surface area contributed by atoms with E-state index in [1.165, 1.54) is 0 Å². The molecule has 2 aromatic carbocycles. The highest BCUT2D eigenvalue weighted by atomic mass is 31.2. The lowest BCUT2D eigenvalue weighted by atomic mass is 10.3. The highest BCUT2D eigenvalue weighted by molar-refractivity contribution is 7.49. The fraction of sp³-hybridized carbons (Fsp3) is 0. The molecule has 0 heterocycles. The van der Waals surface area contributed by atoms with E-state index in [-0.39, 0.29) is 11.5 Å². The van der Waals surface area contributed by atoms with Gasteiger partial charge in [-0.2, -0.15) is 0 Å². The molecule has 114 valence electrons. The van der Waals surface area contributed by atoms with Crippen molar-refractivity contribution in [3.05, 3.63) is 73.3 Å². The molecule has 1 N–H and O–H groups in total. The highest BCUT2D eigenvalue weighted by Gasteiger charge is 2.32. The molecule has 0 aliphatic carbocycles. The lowest BCUT2D eigenvalue weighted by Gasteiger charge is -2.18. The second-order valence-electron chi connectivity index (χ2n) is 4.02. The van der Waals surface area contributed by atoms with Crippen molar-refractivity contribution in [2.24, 2.45) is 0 Å². The van der Waals surface area contributed by atoms with E-state index in [0.29, 0.717) is 0 Å². The van der Waals surface area contributed by atoms with E-state index < -0.39 is 13.7 Å². The van der Waals surface area contributed by atoms with E-state index in [1.807, 2.05) is 5.48 Å². The fourth-order valence-electron chi connectivity index (χ4n) is 1.42. The number of hydrogen-bond donors (Lipinski definition) is 1. The van der Waals surface area contributed by atoms with Gasteiger partial charge in [0.1, 0.15) is 11.5 Å². The summed E-state index contributed by atoms with van der Waals surface area (Å²) in [4.78, 5) is 11.2. The summed E-state index contributed by atoms with van der Waals surface area (Å²) in [7, 11) is -4.11. The van der Waals surface area contributed by atoms with Crippen LogP contribution in [0.2, 0.25) is 0 Å². The Balaban J connectivity index is 2.17. The van der Waals surface area contributed by atoms with Gasteiger partial charge >= 0.3 is 7.82 Å². The molecular weight excluding hydrogens is 305 g/mol. The Hall–Kier alpha value is -2.56. The van der Waals surface area contributed by atoms with Crippen LogP contribution in [0.3, 0.4) is 0 Å².